The average molecular weight is 384 g/mol. The van der Waals surface area contributed by atoms with E-state index >= 15 is 0 Å². The number of anilines is 1. The maximum absolute atomic E-state index is 12.4. The SMILES string of the molecule is CS(=O)(=O)Nc1ccc([C@H]2OCC(=O)N(C3CCOCC3)[C@@H]2CO)cc1. The molecule has 0 aromatic heterocycles. The van der Waals surface area contributed by atoms with Gasteiger partial charge in [-0.1, -0.05) is 12.1 Å². The van der Waals surface area contributed by atoms with Crippen LogP contribution >= 0.6 is 0 Å². The highest BCUT2D eigenvalue weighted by Gasteiger charge is 2.41. The van der Waals surface area contributed by atoms with Crippen LogP contribution in [0.1, 0.15) is 24.5 Å². The average Bonchev–Trinajstić information content (AvgIpc) is 2.61. The standard InChI is InChI=1S/C17H24N2O6S/c1-26(22,23)18-13-4-2-12(3-5-13)17-15(10-20)19(16(21)11-25-17)14-6-8-24-9-7-14/h2-5,14-15,17-18,20H,6-11H2,1H3/t15-,17-/m1/s1. The summed E-state index contributed by atoms with van der Waals surface area (Å²) < 4.78 is 36.1. The molecule has 2 N–H and O–H groups in total. The highest BCUT2D eigenvalue weighted by atomic mass is 32.2. The number of rotatable bonds is 5. The lowest BCUT2D eigenvalue weighted by molar-refractivity contribution is -0.168. The topological polar surface area (TPSA) is 105 Å². The minimum absolute atomic E-state index is 0.0333. The molecule has 0 aliphatic carbocycles. The molecule has 0 spiro atoms. The fraction of sp³-hybridized carbons (Fsp3) is 0.588. The number of amides is 1. The van der Waals surface area contributed by atoms with E-state index in [-0.39, 0.29) is 25.2 Å². The van der Waals surface area contributed by atoms with Gasteiger partial charge in [0.15, 0.2) is 0 Å². The number of carbonyl (C=O) groups is 1. The lowest BCUT2D eigenvalue weighted by atomic mass is 9.95. The summed E-state index contributed by atoms with van der Waals surface area (Å²) in [5, 5.41) is 9.95. The number of hydrogen-bond donors (Lipinski definition) is 2. The highest BCUT2D eigenvalue weighted by Crippen LogP contribution is 2.33. The van der Waals surface area contributed by atoms with E-state index in [0.29, 0.717) is 18.9 Å². The molecule has 1 aromatic rings. The Morgan fingerprint density at radius 1 is 1.23 bits per heavy atom. The number of carbonyl (C=O) groups excluding carboxylic acids is 1. The van der Waals surface area contributed by atoms with Crippen LogP contribution in [-0.2, 0) is 24.3 Å². The molecule has 2 fully saturated rings. The molecule has 1 amide bonds. The molecule has 8 nitrogen and oxygen atoms in total. The van der Waals surface area contributed by atoms with Crippen molar-refractivity contribution in [3.63, 3.8) is 0 Å². The molecule has 0 radical (unpaired) electrons. The van der Waals surface area contributed by atoms with Gasteiger partial charge in [-0.3, -0.25) is 9.52 Å². The van der Waals surface area contributed by atoms with Crippen LogP contribution in [0.5, 0.6) is 0 Å². The van der Waals surface area contributed by atoms with Crippen LogP contribution in [0.4, 0.5) is 5.69 Å². The van der Waals surface area contributed by atoms with Crippen molar-refractivity contribution < 1.29 is 27.8 Å². The summed E-state index contributed by atoms with van der Waals surface area (Å²) in [6.45, 7) is 0.951. The van der Waals surface area contributed by atoms with Gasteiger partial charge in [-0.05, 0) is 30.5 Å². The van der Waals surface area contributed by atoms with E-state index in [1.54, 1.807) is 29.2 Å². The molecule has 1 aromatic carbocycles. The Bertz CT molecular complexity index is 730. The van der Waals surface area contributed by atoms with Crippen molar-refractivity contribution >= 4 is 21.6 Å². The van der Waals surface area contributed by atoms with Gasteiger partial charge in [-0.25, -0.2) is 8.42 Å². The second-order valence-electron chi connectivity index (χ2n) is 6.62. The van der Waals surface area contributed by atoms with Crippen LogP contribution in [0.15, 0.2) is 24.3 Å². The number of morpholine rings is 1. The predicted octanol–water partition coefficient (Wildman–Crippen LogP) is 0.498. The zero-order valence-electron chi connectivity index (χ0n) is 14.6. The Morgan fingerprint density at radius 3 is 2.46 bits per heavy atom. The fourth-order valence-corrected chi connectivity index (χ4v) is 4.14. The van der Waals surface area contributed by atoms with Gasteiger partial charge in [0.05, 0.1) is 18.9 Å². The number of nitrogens with zero attached hydrogens (tertiary/aromatic N) is 1. The van der Waals surface area contributed by atoms with E-state index in [4.69, 9.17) is 9.47 Å². The molecule has 26 heavy (non-hydrogen) atoms. The molecule has 2 aliphatic rings. The zero-order chi connectivity index (χ0) is 18.7. The molecule has 2 atom stereocenters. The lowest BCUT2D eigenvalue weighted by Gasteiger charge is -2.45. The molecule has 0 saturated carbocycles. The highest BCUT2D eigenvalue weighted by molar-refractivity contribution is 7.92. The van der Waals surface area contributed by atoms with Crippen molar-refractivity contribution in [2.24, 2.45) is 0 Å². The number of sulfonamides is 1. The predicted molar refractivity (Wildman–Crippen MR) is 95.2 cm³/mol. The lowest BCUT2D eigenvalue weighted by Crippen LogP contribution is -2.57. The van der Waals surface area contributed by atoms with Crippen molar-refractivity contribution in [2.75, 3.05) is 37.4 Å². The Balaban J connectivity index is 1.80. The molecule has 2 saturated heterocycles. The van der Waals surface area contributed by atoms with Crippen LogP contribution in [0.3, 0.4) is 0 Å². The second-order valence-corrected chi connectivity index (χ2v) is 8.37. The Labute approximate surface area is 153 Å². The van der Waals surface area contributed by atoms with Gasteiger partial charge >= 0.3 is 0 Å². The minimum atomic E-state index is -3.35. The third-order valence-electron chi connectivity index (χ3n) is 4.69. The summed E-state index contributed by atoms with van der Waals surface area (Å²) in [6, 6.07) is 6.34. The molecular weight excluding hydrogens is 360 g/mol. The van der Waals surface area contributed by atoms with E-state index in [1.165, 1.54) is 0 Å². The molecule has 9 heteroatoms. The number of hydrogen-bond acceptors (Lipinski definition) is 6. The number of ether oxygens (including phenoxy) is 2. The summed E-state index contributed by atoms with van der Waals surface area (Å²) in [5.41, 5.74) is 1.23. The number of aliphatic hydroxyl groups excluding tert-OH is 1. The summed E-state index contributed by atoms with van der Waals surface area (Å²) in [5.74, 6) is -0.123. The maximum atomic E-state index is 12.4. The first kappa shape index (κ1) is 19.1. The first-order valence-corrected chi connectivity index (χ1v) is 10.5. The van der Waals surface area contributed by atoms with Crippen molar-refractivity contribution in [3.8, 4) is 0 Å². The van der Waals surface area contributed by atoms with Gasteiger partial charge in [-0.15, -0.1) is 0 Å². The second kappa shape index (κ2) is 7.91. The Kier molecular flexibility index (Phi) is 5.81. The summed E-state index contributed by atoms with van der Waals surface area (Å²) >= 11 is 0. The third kappa shape index (κ3) is 4.35. The van der Waals surface area contributed by atoms with Crippen molar-refractivity contribution in [1.82, 2.24) is 4.90 Å². The van der Waals surface area contributed by atoms with Gasteiger partial charge in [0.25, 0.3) is 0 Å². The quantitative estimate of drug-likeness (QED) is 0.766. The molecule has 0 unspecified atom stereocenters. The van der Waals surface area contributed by atoms with E-state index < -0.39 is 22.2 Å². The fourth-order valence-electron chi connectivity index (χ4n) is 3.57. The van der Waals surface area contributed by atoms with E-state index in [9.17, 15) is 18.3 Å². The van der Waals surface area contributed by atoms with Gasteiger partial charge in [0, 0.05) is 24.9 Å². The molecule has 3 rings (SSSR count). The van der Waals surface area contributed by atoms with E-state index in [1.807, 2.05) is 0 Å². The summed E-state index contributed by atoms with van der Waals surface area (Å²) in [6.07, 6.45) is 2.11. The molecule has 2 aliphatic heterocycles. The molecule has 144 valence electrons. The molecule has 2 heterocycles. The smallest absolute Gasteiger partial charge is 0.249 e. The number of nitrogens with one attached hydrogen (secondary N) is 1. The van der Waals surface area contributed by atoms with E-state index in [0.717, 1.165) is 24.7 Å². The molecule has 0 bridgehead atoms. The van der Waals surface area contributed by atoms with Gasteiger partial charge in [-0.2, -0.15) is 0 Å². The summed E-state index contributed by atoms with van der Waals surface area (Å²) in [4.78, 5) is 14.2. The maximum Gasteiger partial charge on any atom is 0.249 e. The summed E-state index contributed by atoms with van der Waals surface area (Å²) in [7, 11) is -3.35. The van der Waals surface area contributed by atoms with Gasteiger partial charge < -0.3 is 19.5 Å². The van der Waals surface area contributed by atoms with Crippen molar-refractivity contribution in [2.45, 2.75) is 31.0 Å². The van der Waals surface area contributed by atoms with Crippen LogP contribution < -0.4 is 4.72 Å². The first-order chi connectivity index (χ1) is 12.4. The number of benzene rings is 1. The first-order valence-electron chi connectivity index (χ1n) is 8.58. The van der Waals surface area contributed by atoms with Gasteiger partial charge in [0.1, 0.15) is 12.7 Å². The zero-order valence-corrected chi connectivity index (χ0v) is 15.4. The van der Waals surface area contributed by atoms with Gasteiger partial charge in [0.2, 0.25) is 15.9 Å². The molecular formula is C17H24N2O6S. The monoisotopic (exact) mass is 384 g/mol. The Morgan fingerprint density at radius 2 is 1.88 bits per heavy atom. The van der Waals surface area contributed by atoms with Crippen molar-refractivity contribution in [1.29, 1.82) is 0 Å². The van der Waals surface area contributed by atoms with Crippen LogP contribution in [0.2, 0.25) is 0 Å². The van der Waals surface area contributed by atoms with Crippen LogP contribution in [-0.4, -0.2) is 69.1 Å². The Hall–Kier alpha value is -1.68. The van der Waals surface area contributed by atoms with Crippen molar-refractivity contribution in [3.05, 3.63) is 29.8 Å². The normalized spacial score (nSPS) is 25.3. The van der Waals surface area contributed by atoms with E-state index in [2.05, 4.69) is 4.72 Å². The van der Waals surface area contributed by atoms with Crippen LogP contribution in [0.25, 0.3) is 0 Å². The minimum Gasteiger partial charge on any atom is -0.394 e. The largest absolute Gasteiger partial charge is 0.394 e. The number of aliphatic hydroxyl groups is 1. The third-order valence-corrected chi connectivity index (χ3v) is 5.30. The van der Waals surface area contributed by atoms with Crippen LogP contribution in [0, 0.1) is 0 Å².